The quantitative estimate of drug-likeness (QED) is 0.922. The van der Waals surface area contributed by atoms with Crippen LogP contribution < -0.4 is 5.32 Å². The van der Waals surface area contributed by atoms with Gasteiger partial charge in [-0.1, -0.05) is 6.92 Å². The van der Waals surface area contributed by atoms with Crippen molar-refractivity contribution in [2.75, 3.05) is 6.54 Å². The van der Waals surface area contributed by atoms with Gasteiger partial charge in [-0.05, 0) is 40.5 Å². The van der Waals surface area contributed by atoms with Crippen LogP contribution in [-0.4, -0.2) is 21.1 Å². The highest BCUT2D eigenvalue weighted by molar-refractivity contribution is 9.10. The molecule has 4 nitrogen and oxygen atoms in total. The molecule has 0 spiro atoms. The second kappa shape index (κ2) is 6.11. The molecule has 0 radical (unpaired) electrons. The number of aryl methyl sites for hydroxylation is 1. The lowest BCUT2D eigenvalue weighted by Gasteiger charge is -2.15. The van der Waals surface area contributed by atoms with Gasteiger partial charge in [0.2, 0.25) is 0 Å². The predicted molar refractivity (Wildman–Crippen MR) is 75.3 cm³/mol. The molecule has 2 rings (SSSR count). The third kappa shape index (κ3) is 3.40. The van der Waals surface area contributed by atoms with Crippen LogP contribution in [0, 0.1) is 0 Å². The molecule has 0 aliphatic heterocycles. The minimum Gasteiger partial charge on any atom is -0.340 e. The second-order valence-corrected chi connectivity index (χ2v) is 5.21. The van der Waals surface area contributed by atoms with Gasteiger partial charge in [0.05, 0.1) is 18.1 Å². The molecule has 1 atom stereocenters. The summed E-state index contributed by atoms with van der Waals surface area (Å²) in [6.45, 7) is 3.03. The van der Waals surface area contributed by atoms with Crippen LogP contribution in [0.25, 0.3) is 0 Å². The summed E-state index contributed by atoms with van der Waals surface area (Å²) in [7, 11) is 1.99. The monoisotopic (exact) mass is 308 g/mol. The Kier molecular flexibility index (Phi) is 4.49. The van der Waals surface area contributed by atoms with Crippen molar-refractivity contribution in [3.63, 3.8) is 0 Å². The van der Waals surface area contributed by atoms with E-state index >= 15 is 0 Å². The highest BCUT2D eigenvalue weighted by Crippen LogP contribution is 2.18. The van der Waals surface area contributed by atoms with Gasteiger partial charge in [-0.2, -0.15) is 0 Å². The molecule has 2 aromatic heterocycles. The second-order valence-electron chi connectivity index (χ2n) is 4.29. The molecule has 96 valence electrons. The number of likely N-dealkylation sites (N-methyl/N-ethyl adjacent to an activating group) is 1. The number of aromatic nitrogens is 3. The Morgan fingerprint density at radius 2 is 2.28 bits per heavy atom. The number of rotatable bonds is 5. The molecule has 0 amide bonds. The smallest absolute Gasteiger partial charge is 0.0947 e. The van der Waals surface area contributed by atoms with Crippen molar-refractivity contribution >= 4 is 15.9 Å². The van der Waals surface area contributed by atoms with Crippen molar-refractivity contribution in [1.82, 2.24) is 19.9 Å². The van der Waals surface area contributed by atoms with Gasteiger partial charge in [0.25, 0.3) is 0 Å². The predicted octanol–water partition coefficient (Wildman–Crippen LogP) is 2.47. The maximum Gasteiger partial charge on any atom is 0.0947 e. The number of nitrogens with zero attached hydrogens (tertiary/aromatic N) is 3. The molecule has 0 aromatic carbocycles. The Bertz CT molecular complexity index is 509. The molecule has 1 unspecified atom stereocenters. The zero-order valence-electron chi connectivity index (χ0n) is 10.6. The fourth-order valence-electron chi connectivity index (χ4n) is 1.94. The summed E-state index contributed by atoms with van der Waals surface area (Å²) in [6, 6.07) is 2.33. The van der Waals surface area contributed by atoms with E-state index in [1.54, 1.807) is 6.20 Å². The maximum atomic E-state index is 4.42. The lowest BCUT2D eigenvalue weighted by Crippen LogP contribution is -2.23. The number of pyridine rings is 1. The Morgan fingerprint density at radius 3 is 2.89 bits per heavy atom. The van der Waals surface area contributed by atoms with Crippen molar-refractivity contribution in [2.45, 2.75) is 19.4 Å². The van der Waals surface area contributed by atoms with Crippen LogP contribution in [0.2, 0.25) is 0 Å². The third-order valence-corrected chi connectivity index (χ3v) is 3.17. The fourth-order valence-corrected chi connectivity index (χ4v) is 2.36. The molecule has 0 saturated carbocycles. The lowest BCUT2D eigenvalue weighted by atomic mass is 10.1. The van der Waals surface area contributed by atoms with E-state index in [2.05, 4.69) is 50.4 Å². The standard InChI is InChI=1S/C13H17BrN4/c1-3-16-12(13-8-18(2)9-17-13)5-10-4-11(14)7-15-6-10/h4,6-9,12,16H,3,5H2,1-2H3. The molecule has 0 saturated heterocycles. The van der Waals surface area contributed by atoms with Gasteiger partial charge in [0.15, 0.2) is 0 Å². The summed E-state index contributed by atoms with van der Waals surface area (Å²) in [6.07, 6.45) is 8.47. The van der Waals surface area contributed by atoms with E-state index in [-0.39, 0.29) is 6.04 Å². The first-order valence-electron chi connectivity index (χ1n) is 5.99. The van der Waals surface area contributed by atoms with Crippen molar-refractivity contribution in [1.29, 1.82) is 0 Å². The van der Waals surface area contributed by atoms with E-state index in [4.69, 9.17) is 0 Å². The topological polar surface area (TPSA) is 42.7 Å². The van der Waals surface area contributed by atoms with Gasteiger partial charge in [-0.3, -0.25) is 4.98 Å². The highest BCUT2D eigenvalue weighted by atomic mass is 79.9. The van der Waals surface area contributed by atoms with E-state index in [1.165, 1.54) is 5.56 Å². The number of hydrogen-bond acceptors (Lipinski definition) is 3. The molecular formula is C13H17BrN4. The van der Waals surface area contributed by atoms with Crippen LogP contribution in [-0.2, 0) is 13.5 Å². The largest absolute Gasteiger partial charge is 0.340 e. The first-order chi connectivity index (χ1) is 8.69. The van der Waals surface area contributed by atoms with Gasteiger partial charge in [0.1, 0.15) is 0 Å². The van der Waals surface area contributed by atoms with Crippen molar-refractivity contribution in [2.24, 2.45) is 7.05 Å². The van der Waals surface area contributed by atoms with Crippen molar-refractivity contribution < 1.29 is 0 Å². The number of halogens is 1. The first-order valence-corrected chi connectivity index (χ1v) is 6.79. The van der Waals surface area contributed by atoms with Gasteiger partial charge in [-0.25, -0.2) is 4.98 Å². The number of nitrogens with one attached hydrogen (secondary N) is 1. The minimum absolute atomic E-state index is 0.229. The Hall–Kier alpha value is -1.20. The molecule has 2 heterocycles. The van der Waals surface area contributed by atoms with Crippen LogP contribution in [0.5, 0.6) is 0 Å². The first kappa shape index (κ1) is 13.2. The van der Waals surface area contributed by atoms with Crippen LogP contribution in [0.3, 0.4) is 0 Å². The van der Waals surface area contributed by atoms with Crippen LogP contribution in [0.1, 0.15) is 24.2 Å². The normalized spacial score (nSPS) is 12.6. The highest BCUT2D eigenvalue weighted by Gasteiger charge is 2.14. The van der Waals surface area contributed by atoms with Crippen LogP contribution in [0.4, 0.5) is 0 Å². The lowest BCUT2D eigenvalue weighted by molar-refractivity contribution is 0.537. The van der Waals surface area contributed by atoms with E-state index < -0.39 is 0 Å². The number of imidazole rings is 1. The molecule has 0 aliphatic carbocycles. The molecule has 5 heteroatoms. The molecule has 18 heavy (non-hydrogen) atoms. The van der Waals surface area contributed by atoms with E-state index in [0.717, 1.165) is 23.1 Å². The Labute approximate surface area is 116 Å². The average molecular weight is 309 g/mol. The van der Waals surface area contributed by atoms with Crippen molar-refractivity contribution in [3.8, 4) is 0 Å². The van der Waals surface area contributed by atoms with Crippen LogP contribution >= 0.6 is 15.9 Å². The summed E-state index contributed by atoms with van der Waals surface area (Å²) in [5.74, 6) is 0. The molecule has 2 aromatic rings. The summed E-state index contributed by atoms with van der Waals surface area (Å²) in [4.78, 5) is 8.62. The van der Waals surface area contributed by atoms with E-state index in [0.29, 0.717) is 0 Å². The van der Waals surface area contributed by atoms with E-state index in [9.17, 15) is 0 Å². The Balaban J connectivity index is 2.16. The maximum absolute atomic E-state index is 4.42. The van der Waals surface area contributed by atoms with Gasteiger partial charge in [-0.15, -0.1) is 0 Å². The van der Waals surface area contributed by atoms with Crippen LogP contribution in [0.15, 0.2) is 35.5 Å². The molecule has 0 fully saturated rings. The fraction of sp³-hybridized carbons (Fsp3) is 0.385. The summed E-state index contributed by atoms with van der Waals surface area (Å²) >= 11 is 3.45. The minimum atomic E-state index is 0.229. The van der Waals surface area contributed by atoms with E-state index in [1.807, 2.05) is 24.1 Å². The molecule has 1 N–H and O–H groups in total. The summed E-state index contributed by atoms with van der Waals surface area (Å²) in [5.41, 5.74) is 2.26. The van der Waals surface area contributed by atoms with Gasteiger partial charge in [0, 0.05) is 30.1 Å². The number of hydrogen-bond donors (Lipinski definition) is 1. The zero-order chi connectivity index (χ0) is 13.0. The summed E-state index contributed by atoms with van der Waals surface area (Å²) in [5, 5.41) is 3.46. The summed E-state index contributed by atoms with van der Waals surface area (Å²) < 4.78 is 2.98. The molecule has 0 bridgehead atoms. The average Bonchev–Trinajstić information content (AvgIpc) is 2.75. The van der Waals surface area contributed by atoms with Gasteiger partial charge >= 0.3 is 0 Å². The molecular weight excluding hydrogens is 292 g/mol. The third-order valence-electron chi connectivity index (χ3n) is 2.73. The van der Waals surface area contributed by atoms with Gasteiger partial charge < -0.3 is 9.88 Å². The SMILES string of the molecule is CCNC(Cc1cncc(Br)c1)c1cn(C)cn1. The molecule has 0 aliphatic rings. The zero-order valence-corrected chi connectivity index (χ0v) is 12.2. The van der Waals surface area contributed by atoms with Crippen molar-refractivity contribution in [3.05, 3.63) is 46.7 Å². The Morgan fingerprint density at radius 1 is 1.44 bits per heavy atom.